The summed E-state index contributed by atoms with van der Waals surface area (Å²) in [5.74, 6) is 0. The topological polar surface area (TPSA) is 52.6 Å². The van der Waals surface area contributed by atoms with Crippen molar-refractivity contribution in [3.8, 4) is 0 Å². The van der Waals surface area contributed by atoms with Crippen LogP contribution < -0.4 is 0 Å². The van der Waals surface area contributed by atoms with Crippen LogP contribution in [0.25, 0.3) is 131 Å². The molecule has 0 saturated heterocycles. The number of rotatable bonds is 0. The molecule has 48 heavy (non-hydrogen) atoms. The SMILES string of the molecule is c1ccc2c(c1)oc1c2cc2c3c1cc1c4ccccc4oc1c3c1cc3c4ccccc4oc3c3cc4c5ccccc5oc4c2c31. The zero-order valence-electron chi connectivity index (χ0n) is 25.2. The molecular weight excluding hydrogens is 592 g/mol. The van der Waals surface area contributed by atoms with Gasteiger partial charge in [0.15, 0.2) is 0 Å². The van der Waals surface area contributed by atoms with Gasteiger partial charge in [-0.05, 0) is 59.3 Å². The molecule has 4 nitrogen and oxygen atoms in total. The Bertz CT molecular complexity index is 3330. The molecule has 0 radical (unpaired) electrons. The van der Waals surface area contributed by atoms with E-state index in [1.807, 2.05) is 24.3 Å². The molecule has 0 aliphatic carbocycles. The molecule has 0 saturated carbocycles. The van der Waals surface area contributed by atoms with Crippen molar-refractivity contribution in [2.45, 2.75) is 0 Å². The first-order valence-electron chi connectivity index (χ1n) is 16.3. The predicted molar refractivity (Wildman–Crippen MR) is 197 cm³/mol. The fourth-order valence-electron chi connectivity index (χ4n) is 8.79. The van der Waals surface area contributed by atoms with Gasteiger partial charge in [0.05, 0.1) is 0 Å². The molecule has 4 heteroatoms. The van der Waals surface area contributed by atoms with E-state index in [1.54, 1.807) is 0 Å². The minimum absolute atomic E-state index is 0.867. The summed E-state index contributed by atoms with van der Waals surface area (Å²) in [4.78, 5) is 0. The third kappa shape index (κ3) is 2.62. The number of benzene rings is 9. The lowest BCUT2D eigenvalue weighted by molar-refractivity contribution is 0.670. The molecule has 0 fully saturated rings. The van der Waals surface area contributed by atoms with Gasteiger partial charge in [0, 0.05) is 75.4 Å². The summed E-state index contributed by atoms with van der Waals surface area (Å²) >= 11 is 0. The maximum atomic E-state index is 6.83. The minimum Gasteiger partial charge on any atom is -0.455 e. The van der Waals surface area contributed by atoms with Crippen molar-refractivity contribution >= 4 is 131 Å². The maximum absolute atomic E-state index is 6.83. The zero-order chi connectivity index (χ0) is 30.8. The van der Waals surface area contributed by atoms with Crippen LogP contribution in [0.5, 0.6) is 0 Å². The second kappa shape index (κ2) is 7.88. The summed E-state index contributed by atoms with van der Waals surface area (Å²) < 4.78 is 27.1. The first kappa shape index (κ1) is 23.8. The molecule has 13 aromatic rings. The van der Waals surface area contributed by atoms with Crippen LogP contribution in [0, 0.1) is 0 Å². The molecule has 4 heterocycles. The molecule has 0 N–H and O–H groups in total. The van der Waals surface area contributed by atoms with Crippen LogP contribution in [-0.2, 0) is 0 Å². The zero-order valence-corrected chi connectivity index (χ0v) is 25.2. The molecule has 0 spiro atoms. The molecule has 4 aromatic heterocycles. The van der Waals surface area contributed by atoms with Gasteiger partial charge in [-0.15, -0.1) is 0 Å². The van der Waals surface area contributed by atoms with Gasteiger partial charge in [0.1, 0.15) is 44.7 Å². The maximum Gasteiger partial charge on any atom is 0.143 e. The van der Waals surface area contributed by atoms with Crippen molar-refractivity contribution in [3.63, 3.8) is 0 Å². The normalized spacial score (nSPS) is 13.0. The lowest BCUT2D eigenvalue weighted by Crippen LogP contribution is -1.90. The van der Waals surface area contributed by atoms with Crippen LogP contribution in [0.1, 0.15) is 0 Å². The fraction of sp³-hybridized carbons (Fsp3) is 0. The van der Waals surface area contributed by atoms with E-state index < -0.39 is 0 Å². The molecule has 0 aliphatic rings. The Kier molecular flexibility index (Phi) is 3.90. The summed E-state index contributed by atoms with van der Waals surface area (Å²) in [5.41, 5.74) is 7.00. The van der Waals surface area contributed by atoms with Gasteiger partial charge >= 0.3 is 0 Å². The Morgan fingerprint density at radius 2 is 0.521 bits per heavy atom. The number of furan rings is 4. The van der Waals surface area contributed by atoms with Crippen molar-refractivity contribution in [3.05, 3.63) is 121 Å². The average Bonchev–Trinajstić information content (AvgIpc) is 3.89. The Labute approximate surface area is 269 Å². The Balaban J connectivity index is 1.45. The van der Waals surface area contributed by atoms with E-state index >= 15 is 0 Å². The highest BCUT2D eigenvalue weighted by Crippen LogP contribution is 2.53. The highest BCUT2D eigenvalue weighted by molar-refractivity contribution is 6.47. The Morgan fingerprint density at radius 1 is 0.229 bits per heavy atom. The molecule has 0 amide bonds. The van der Waals surface area contributed by atoms with Crippen LogP contribution in [0.15, 0.2) is 139 Å². The predicted octanol–water partition coefficient (Wildman–Crippen LogP) is 13.3. The second-order valence-electron chi connectivity index (χ2n) is 13.1. The number of para-hydroxylation sites is 4. The first-order chi connectivity index (χ1) is 23.8. The van der Waals surface area contributed by atoms with Crippen molar-refractivity contribution in [1.29, 1.82) is 0 Å². The van der Waals surface area contributed by atoms with Crippen LogP contribution in [0.4, 0.5) is 0 Å². The standard InChI is InChI=1S/C44H20O4/c1-5-13-33-21(9-1)25-17-29-37-31(41(25)45-33)19-27-23-11-3-7-15-35(23)48-44(27)40(37)30-18-26-22-10-2-6-14-34(22)46-42(26)32-20-28-24-12-4-8-16-36(24)47-43(28)39(29)38(30)32/h1-20H. The third-order valence-corrected chi connectivity index (χ3v) is 10.7. The summed E-state index contributed by atoms with van der Waals surface area (Å²) in [6.07, 6.45) is 0. The lowest BCUT2D eigenvalue weighted by atomic mass is 9.86. The van der Waals surface area contributed by atoms with E-state index in [0.717, 1.165) is 131 Å². The molecule has 0 atom stereocenters. The van der Waals surface area contributed by atoms with E-state index in [-0.39, 0.29) is 0 Å². The molecular formula is C44H20O4. The van der Waals surface area contributed by atoms with Gasteiger partial charge in [0.25, 0.3) is 0 Å². The summed E-state index contributed by atoms with van der Waals surface area (Å²) in [5, 5.41) is 17.4. The molecule has 13 rings (SSSR count). The molecule has 220 valence electrons. The molecule has 0 bridgehead atoms. The number of fused-ring (bicyclic) bond motifs is 18. The van der Waals surface area contributed by atoms with E-state index in [9.17, 15) is 0 Å². The van der Waals surface area contributed by atoms with Crippen molar-refractivity contribution in [2.24, 2.45) is 0 Å². The van der Waals surface area contributed by atoms with E-state index in [1.165, 1.54) is 0 Å². The third-order valence-electron chi connectivity index (χ3n) is 10.7. The first-order valence-corrected chi connectivity index (χ1v) is 16.3. The van der Waals surface area contributed by atoms with Gasteiger partial charge in [-0.2, -0.15) is 0 Å². The van der Waals surface area contributed by atoms with Gasteiger partial charge in [0.2, 0.25) is 0 Å². The quantitative estimate of drug-likeness (QED) is 0.126. The summed E-state index contributed by atoms with van der Waals surface area (Å²) in [7, 11) is 0. The van der Waals surface area contributed by atoms with Crippen molar-refractivity contribution in [2.75, 3.05) is 0 Å². The van der Waals surface area contributed by atoms with Crippen molar-refractivity contribution < 1.29 is 17.7 Å². The fourth-order valence-corrected chi connectivity index (χ4v) is 8.79. The largest absolute Gasteiger partial charge is 0.455 e. The number of hydrogen-bond donors (Lipinski definition) is 0. The van der Waals surface area contributed by atoms with Crippen molar-refractivity contribution in [1.82, 2.24) is 0 Å². The average molecular weight is 613 g/mol. The van der Waals surface area contributed by atoms with Gasteiger partial charge in [-0.1, -0.05) is 72.8 Å². The highest BCUT2D eigenvalue weighted by atomic mass is 16.3. The van der Waals surface area contributed by atoms with E-state index in [0.29, 0.717) is 0 Å². The van der Waals surface area contributed by atoms with E-state index in [4.69, 9.17) is 17.7 Å². The molecule has 9 aromatic carbocycles. The smallest absolute Gasteiger partial charge is 0.143 e. The molecule has 0 unspecified atom stereocenters. The van der Waals surface area contributed by atoms with Gasteiger partial charge in [-0.3, -0.25) is 0 Å². The van der Waals surface area contributed by atoms with Crippen LogP contribution in [-0.4, -0.2) is 0 Å². The van der Waals surface area contributed by atoms with Crippen LogP contribution in [0.3, 0.4) is 0 Å². The highest BCUT2D eigenvalue weighted by Gasteiger charge is 2.27. The minimum atomic E-state index is 0.867. The van der Waals surface area contributed by atoms with Gasteiger partial charge in [-0.25, -0.2) is 0 Å². The summed E-state index contributed by atoms with van der Waals surface area (Å²) in [6, 6.07) is 42.5. The second-order valence-corrected chi connectivity index (χ2v) is 13.1. The van der Waals surface area contributed by atoms with Crippen LogP contribution >= 0.6 is 0 Å². The number of hydrogen-bond acceptors (Lipinski definition) is 4. The van der Waals surface area contributed by atoms with Gasteiger partial charge < -0.3 is 17.7 Å². The Morgan fingerprint density at radius 3 is 0.896 bits per heavy atom. The summed E-state index contributed by atoms with van der Waals surface area (Å²) in [6.45, 7) is 0. The van der Waals surface area contributed by atoms with Crippen LogP contribution in [0.2, 0.25) is 0 Å². The molecule has 0 aliphatic heterocycles. The lowest BCUT2D eigenvalue weighted by Gasteiger charge is -2.16. The monoisotopic (exact) mass is 612 g/mol. The Hall–Kier alpha value is -6.52. The van der Waals surface area contributed by atoms with E-state index in [2.05, 4.69) is 97.1 Å².